The normalized spacial score (nSPS) is 10.8. The Morgan fingerprint density at radius 1 is 1.17 bits per heavy atom. The van der Waals surface area contributed by atoms with Gasteiger partial charge in [0.1, 0.15) is 18.1 Å². The van der Waals surface area contributed by atoms with Crippen LogP contribution in [0.5, 0.6) is 0 Å². The maximum absolute atomic E-state index is 12.8. The summed E-state index contributed by atoms with van der Waals surface area (Å²) in [7, 11) is 4.17. The predicted molar refractivity (Wildman–Crippen MR) is 94.8 cm³/mol. The van der Waals surface area contributed by atoms with E-state index in [-0.39, 0.29) is 11.8 Å². The van der Waals surface area contributed by atoms with Gasteiger partial charge in [-0.1, -0.05) is 0 Å². The average molecular weight is 352 g/mol. The molecular weight excluding hydrogens is 329 g/mol. The minimum absolute atomic E-state index is 0.295. The van der Waals surface area contributed by atoms with Crippen molar-refractivity contribution in [2.75, 3.05) is 31.7 Å². The van der Waals surface area contributed by atoms with Crippen LogP contribution in [0.1, 0.15) is 11.5 Å². The first-order valence-corrected chi connectivity index (χ1v) is 8.93. The lowest BCUT2D eigenvalue weighted by Crippen LogP contribution is -3.04. The molecule has 0 aliphatic carbocycles. The molecule has 0 unspecified atom stereocenters. The Morgan fingerprint density at radius 2 is 1.88 bits per heavy atom. The molecule has 2 amide bonds. The van der Waals surface area contributed by atoms with Gasteiger partial charge in [-0.2, -0.15) is 11.8 Å². The van der Waals surface area contributed by atoms with E-state index >= 15 is 0 Å². The Balaban J connectivity index is 1.60. The third-order valence-electron chi connectivity index (χ3n) is 3.12. The van der Waals surface area contributed by atoms with E-state index in [9.17, 15) is 9.18 Å². The predicted octanol–water partition coefficient (Wildman–Crippen LogP) is 2.12. The maximum Gasteiger partial charge on any atom is 0.319 e. The van der Waals surface area contributed by atoms with Crippen LogP contribution in [-0.2, 0) is 12.3 Å². The van der Waals surface area contributed by atoms with Gasteiger partial charge in [-0.25, -0.2) is 9.18 Å². The number of thioether (sulfide) groups is 1. The van der Waals surface area contributed by atoms with E-state index in [1.54, 1.807) is 11.8 Å². The molecule has 0 radical (unpaired) electrons. The molecule has 0 saturated heterocycles. The number of carbonyl (C=O) groups excluding carboxylic acids is 1. The van der Waals surface area contributed by atoms with E-state index in [0.29, 0.717) is 12.2 Å². The molecule has 0 saturated carbocycles. The zero-order valence-corrected chi connectivity index (χ0v) is 14.7. The van der Waals surface area contributed by atoms with Crippen LogP contribution < -0.4 is 15.5 Å². The van der Waals surface area contributed by atoms with Crippen LogP contribution in [0.3, 0.4) is 0 Å². The van der Waals surface area contributed by atoms with Crippen molar-refractivity contribution >= 4 is 23.5 Å². The molecule has 0 spiro atoms. The number of amides is 2. The molecule has 5 nitrogen and oxygen atoms in total. The van der Waals surface area contributed by atoms with Crippen molar-refractivity contribution in [1.82, 2.24) is 5.32 Å². The van der Waals surface area contributed by atoms with Gasteiger partial charge in [0, 0.05) is 18.0 Å². The van der Waals surface area contributed by atoms with Crippen molar-refractivity contribution in [2.24, 2.45) is 0 Å². The second kappa shape index (κ2) is 9.34. The fraction of sp³-hybridized carbons (Fsp3) is 0.353. The van der Waals surface area contributed by atoms with E-state index in [0.717, 1.165) is 29.6 Å². The van der Waals surface area contributed by atoms with Gasteiger partial charge in [-0.3, -0.25) is 0 Å². The number of hydrogen-bond acceptors (Lipinski definition) is 3. The summed E-state index contributed by atoms with van der Waals surface area (Å²) in [5.41, 5.74) is 0.563. The number of carbonyl (C=O) groups is 1. The van der Waals surface area contributed by atoms with Crippen molar-refractivity contribution in [3.63, 3.8) is 0 Å². The first-order valence-electron chi connectivity index (χ1n) is 7.77. The summed E-state index contributed by atoms with van der Waals surface area (Å²) in [6, 6.07) is 9.37. The zero-order valence-electron chi connectivity index (χ0n) is 13.9. The molecule has 7 heteroatoms. The van der Waals surface area contributed by atoms with Crippen LogP contribution in [0.25, 0.3) is 0 Å². The molecule has 3 N–H and O–H groups in total. The number of rotatable bonds is 8. The Kier molecular flexibility index (Phi) is 7.14. The fourth-order valence-electron chi connectivity index (χ4n) is 2.06. The summed E-state index contributed by atoms with van der Waals surface area (Å²) in [6.45, 7) is 1.42. The maximum atomic E-state index is 12.8. The van der Waals surface area contributed by atoms with E-state index in [1.165, 1.54) is 29.2 Å². The number of hydrogen-bond donors (Lipinski definition) is 3. The minimum Gasteiger partial charge on any atom is -0.459 e. The van der Waals surface area contributed by atoms with Crippen LogP contribution in [0.2, 0.25) is 0 Å². The molecular formula is C17H23FN3O2S+. The molecule has 24 heavy (non-hydrogen) atoms. The molecule has 2 aromatic rings. The molecule has 0 bridgehead atoms. The second-order valence-electron chi connectivity index (χ2n) is 5.69. The highest BCUT2D eigenvalue weighted by molar-refractivity contribution is 7.98. The van der Waals surface area contributed by atoms with Crippen molar-refractivity contribution in [3.8, 4) is 0 Å². The largest absolute Gasteiger partial charge is 0.459 e. The monoisotopic (exact) mass is 352 g/mol. The highest BCUT2D eigenvalue weighted by atomic mass is 32.2. The standard InChI is InChI=1S/C17H22FN3O2S/c1-21(2)11-15-7-8-16(23-15)12-24-10-9-19-17(22)20-14-5-3-13(18)4-6-14/h3-8H,9-12H2,1-2H3,(H2,19,20,22)/p+1. The van der Waals surface area contributed by atoms with Crippen LogP contribution in [-0.4, -0.2) is 32.4 Å². The lowest BCUT2D eigenvalue weighted by Gasteiger charge is -2.07. The summed E-state index contributed by atoms with van der Waals surface area (Å²) < 4.78 is 18.5. The van der Waals surface area contributed by atoms with Crippen LogP contribution >= 0.6 is 11.8 Å². The summed E-state index contributed by atoms with van der Waals surface area (Å²) in [6.07, 6.45) is 0. The molecule has 2 rings (SSSR count). The van der Waals surface area contributed by atoms with Crippen molar-refractivity contribution in [3.05, 3.63) is 53.7 Å². The molecule has 0 aliphatic rings. The topological polar surface area (TPSA) is 58.7 Å². The van der Waals surface area contributed by atoms with E-state index in [1.807, 2.05) is 12.1 Å². The highest BCUT2D eigenvalue weighted by Gasteiger charge is 2.06. The van der Waals surface area contributed by atoms with Crippen molar-refractivity contribution < 1.29 is 18.5 Å². The van der Waals surface area contributed by atoms with Gasteiger partial charge in [-0.15, -0.1) is 0 Å². The van der Waals surface area contributed by atoms with Gasteiger partial charge >= 0.3 is 6.03 Å². The van der Waals surface area contributed by atoms with Gasteiger partial charge in [0.25, 0.3) is 0 Å². The van der Waals surface area contributed by atoms with Crippen LogP contribution in [0.15, 0.2) is 40.8 Å². The van der Waals surface area contributed by atoms with Gasteiger partial charge in [0.2, 0.25) is 0 Å². The van der Waals surface area contributed by atoms with E-state index < -0.39 is 0 Å². The Bertz CT molecular complexity index is 644. The third kappa shape index (κ3) is 6.64. The lowest BCUT2D eigenvalue weighted by atomic mass is 10.3. The number of furan rings is 1. The molecule has 1 heterocycles. The van der Waals surface area contributed by atoms with Gasteiger partial charge in [0.05, 0.1) is 19.8 Å². The molecule has 0 atom stereocenters. The molecule has 0 aliphatic heterocycles. The van der Waals surface area contributed by atoms with E-state index in [4.69, 9.17) is 4.42 Å². The molecule has 1 aromatic carbocycles. The Morgan fingerprint density at radius 3 is 2.58 bits per heavy atom. The number of halogens is 1. The molecule has 1 aromatic heterocycles. The van der Waals surface area contributed by atoms with Crippen molar-refractivity contribution in [1.29, 1.82) is 0 Å². The number of nitrogens with one attached hydrogen (secondary N) is 3. The Labute approximate surface area is 145 Å². The smallest absolute Gasteiger partial charge is 0.319 e. The Hall–Kier alpha value is -1.99. The fourth-order valence-corrected chi connectivity index (χ4v) is 2.81. The first kappa shape index (κ1) is 18.4. The van der Waals surface area contributed by atoms with Gasteiger partial charge < -0.3 is 20.0 Å². The number of urea groups is 1. The average Bonchev–Trinajstić information content (AvgIpc) is 2.96. The molecule has 0 fully saturated rings. The van der Waals surface area contributed by atoms with E-state index in [2.05, 4.69) is 24.7 Å². The summed E-state index contributed by atoms with van der Waals surface area (Å²) >= 11 is 1.70. The summed E-state index contributed by atoms with van der Waals surface area (Å²) in [4.78, 5) is 13.0. The highest BCUT2D eigenvalue weighted by Crippen LogP contribution is 2.14. The summed E-state index contributed by atoms with van der Waals surface area (Å²) in [5, 5.41) is 5.42. The quantitative estimate of drug-likeness (QED) is 0.638. The zero-order chi connectivity index (χ0) is 17.4. The van der Waals surface area contributed by atoms with Gasteiger partial charge in [0.15, 0.2) is 5.76 Å². The SMILES string of the molecule is C[NH+](C)Cc1ccc(CSCCNC(=O)Nc2ccc(F)cc2)o1. The number of quaternary nitrogens is 1. The first-order chi connectivity index (χ1) is 11.5. The van der Waals surface area contributed by atoms with Crippen molar-refractivity contribution in [2.45, 2.75) is 12.3 Å². The van der Waals surface area contributed by atoms with Crippen LogP contribution in [0.4, 0.5) is 14.9 Å². The lowest BCUT2D eigenvalue weighted by molar-refractivity contribution is -0.873. The van der Waals surface area contributed by atoms with Crippen LogP contribution in [0, 0.1) is 5.82 Å². The second-order valence-corrected chi connectivity index (χ2v) is 6.80. The minimum atomic E-state index is -0.328. The third-order valence-corrected chi connectivity index (χ3v) is 4.10. The number of benzene rings is 1. The number of anilines is 1. The molecule has 130 valence electrons. The summed E-state index contributed by atoms with van der Waals surface area (Å²) in [5.74, 6) is 3.18. The van der Waals surface area contributed by atoms with Gasteiger partial charge in [-0.05, 0) is 36.4 Å².